The number of carbonyl (C=O) groups is 3. The molecule has 0 aliphatic heterocycles. The minimum absolute atomic E-state index is 0.0279. The van der Waals surface area contributed by atoms with Crippen LogP contribution in [0.15, 0.2) is 41.8 Å². The van der Waals surface area contributed by atoms with E-state index in [1.807, 2.05) is 0 Å². The van der Waals surface area contributed by atoms with E-state index in [2.05, 4.69) is 5.32 Å². The number of benzene rings is 1. The van der Waals surface area contributed by atoms with Gasteiger partial charge in [0.2, 0.25) is 0 Å². The van der Waals surface area contributed by atoms with E-state index in [1.54, 1.807) is 17.5 Å². The van der Waals surface area contributed by atoms with Gasteiger partial charge in [0.15, 0.2) is 12.4 Å². The van der Waals surface area contributed by atoms with Crippen LogP contribution in [0.1, 0.15) is 28.1 Å². The van der Waals surface area contributed by atoms with Crippen LogP contribution in [0.4, 0.5) is 18.9 Å². The van der Waals surface area contributed by atoms with E-state index >= 15 is 0 Å². The van der Waals surface area contributed by atoms with Crippen molar-refractivity contribution in [3.8, 4) is 0 Å². The number of anilines is 1. The number of carbonyl (C=O) groups excluding carboxylic acids is 3. The Hall–Kier alpha value is -2.68. The van der Waals surface area contributed by atoms with Gasteiger partial charge in [-0.25, -0.2) is 0 Å². The minimum Gasteiger partial charge on any atom is -0.456 e. The lowest BCUT2D eigenvalue weighted by Gasteiger charge is -2.09. The zero-order valence-corrected chi connectivity index (χ0v) is 14.2. The van der Waals surface area contributed by atoms with Gasteiger partial charge in [-0.1, -0.05) is 6.07 Å². The van der Waals surface area contributed by atoms with Crippen LogP contribution in [-0.4, -0.2) is 24.3 Å². The molecular formula is C17H14F3NO4S. The minimum atomic E-state index is -4.46. The number of rotatable bonds is 7. The van der Waals surface area contributed by atoms with E-state index in [9.17, 15) is 27.6 Å². The highest BCUT2D eigenvalue weighted by molar-refractivity contribution is 7.12. The molecule has 1 N–H and O–H groups in total. The average Bonchev–Trinajstić information content (AvgIpc) is 3.12. The van der Waals surface area contributed by atoms with Crippen molar-refractivity contribution in [1.82, 2.24) is 0 Å². The summed E-state index contributed by atoms with van der Waals surface area (Å²) in [6, 6.07) is 7.23. The molecule has 0 atom stereocenters. The quantitative estimate of drug-likeness (QED) is 0.579. The van der Waals surface area contributed by atoms with Crippen LogP contribution in [0.5, 0.6) is 0 Å². The third kappa shape index (κ3) is 5.99. The van der Waals surface area contributed by atoms with Gasteiger partial charge < -0.3 is 10.1 Å². The highest BCUT2D eigenvalue weighted by Crippen LogP contribution is 2.29. The maximum atomic E-state index is 12.4. The zero-order valence-electron chi connectivity index (χ0n) is 13.3. The number of ether oxygens (including phenoxy) is 1. The van der Waals surface area contributed by atoms with Gasteiger partial charge in [0.1, 0.15) is 0 Å². The van der Waals surface area contributed by atoms with Crippen molar-refractivity contribution >= 4 is 34.7 Å². The fourth-order valence-corrected chi connectivity index (χ4v) is 2.63. The fraction of sp³-hybridized carbons (Fsp3) is 0.235. The molecule has 0 saturated carbocycles. The first-order chi connectivity index (χ1) is 12.3. The number of thiophene rings is 1. The zero-order chi connectivity index (χ0) is 19.2. The summed E-state index contributed by atoms with van der Waals surface area (Å²) in [7, 11) is 0. The molecule has 0 unspecified atom stereocenters. The van der Waals surface area contributed by atoms with E-state index in [4.69, 9.17) is 4.74 Å². The largest absolute Gasteiger partial charge is 0.456 e. The Morgan fingerprint density at radius 2 is 1.73 bits per heavy atom. The number of alkyl halides is 3. The molecule has 2 rings (SSSR count). The molecule has 0 radical (unpaired) electrons. The van der Waals surface area contributed by atoms with E-state index in [1.165, 1.54) is 11.3 Å². The molecule has 5 nitrogen and oxygen atoms in total. The molecule has 0 fully saturated rings. The van der Waals surface area contributed by atoms with Crippen molar-refractivity contribution in [3.63, 3.8) is 0 Å². The maximum Gasteiger partial charge on any atom is 0.416 e. The second-order valence-corrected chi connectivity index (χ2v) is 6.13. The Labute approximate surface area is 150 Å². The molecule has 26 heavy (non-hydrogen) atoms. The predicted octanol–water partition coefficient (Wildman–Crippen LogP) is 3.91. The number of ketones is 1. The smallest absolute Gasteiger partial charge is 0.416 e. The number of nitrogens with one attached hydrogen (secondary N) is 1. The monoisotopic (exact) mass is 385 g/mol. The van der Waals surface area contributed by atoms with Crippen molar-refractivity contribution in [2.75, 3.05) is 11.9 Å². The maximum absolute atomic E-state index is 12.4. The number of hydrogen-bond donors (Lipinski definition) is 1. The summed E-state index contributed by atoms with van der Waals surface area (Å²) in [5.74, 6) is -1.59. The van der Waals surface area contributed by atoms with Gasteiger partial charge >= 0.3 is 12.1 Å². The molecule has 9 heteroatoms. The highest BCUT2D eigenvalue weighted by Gasteiger charge is 2.30. The first-order valence-electron chi connectivity index (χ1n) is 7.45. The highest BCUT2D eigenvalue weighted by atomic mass is 32.1. The average molecular weight is 385 g/mol. The lowest BCUT2D eigenvalue weighted by Crippen LogP contribution is -2.21. The van der Waals surface area contributed by atoms with Crippen LogP contribution < -0.4 is 5.32 Å². The molecule has 138 valence electrons. The van der Waals surface area contributed by atoms with Crippen molar-refractivity contribution in [2.45, 2.75) is 19.0 Å². The van der Waals surface area contributed by atoms with Gasteiger partial charge in [-0.2, -0.15) is 13.2 Å². The van der Waals surface area contributed by atoms with Gasteiger partial charge in [-0.05, 0) is 35.7 Å². The number of amides is 1. The molecule has 2 aromatic rings. The Morgan fingerprint density at radius 3 is 2.31 bits per heavy atom. The first kappa shape index (κ1) is 19.6. The van der Waals surface area contributed by atoms with Crippen LogP contribution >= 0.6 is 11.3 Å². The third-order valence-corrected chi connectivity index (χ3v) is 4.12. The van der Waals surface area contributed by atoms with Crippen LogP contribution in [0.3, 0.4) is 0 Å². The molecule has 1 aromatic heterocycles. The van der Waals surface area contributed by atoms with Gasteiger partial charge in [-0.3, -0.25) is 14.4 Å². The molecule has 1 aromatic carbocycles. The fourth-order valence-electron chi connectivity index (χ4n) is 1.93. The summed E-state index contributed by atoms with van der Waals surface area (Å²) >= 11 is 1.27. The van der Waals surface area contributed by atoms with Crippen LogP contribution in [0, 0.1) is 0 Å². The van der Waals surface area contributed by atoms with Crippen LogP contribution in [-0.2, 0) is 20.5 Å². The van der Waals surface area contributed by atoms with Crippen LogP contribution in [0.2, 0.25) is 0 Å². The van der Waals surface area contributed by atoms with E-state index in [-0.39, 0.29) is 24.3 Å². The second kappa shape index (κ2) is 8.61. The summed E-state index contributed by atoms with van der Waals surface area (Å²) in [6.45, 7) is -0.590. The number of esters is 1. The molecule has 1 amide bonds. The van der Waals surface area contributed by atoms with Crippen molar-refractivity contribution in [2.24, 2.45) is 0 Å². The normalized spacial score (nSPS) is 11.0. The van der Waals surface area contributed by atoms with Gasteiger partial charge in [0.25, 0.3) is 5.91 Å². The Kier molecular flexibility index (Phi) is 6.51. The molecule has 1 heterocycles. The molecule has 0 saturated heterocycles. The molecule has 0 bridgehead atoms. The third-order valence-electron chi connectivity index (χ3n) is 3.21. The summed E-state index contributed by atoms with van der Waals surface area (Å²) in [4.78, 5) is 35.5. The number of Topliss-reactive ketones (excluding diaryl/α,β-unsaturated/α-hetero) is 1. The van der Waals surface area contributed by atoms with Gasteiger partial charge in [0, 0.05) is 12.1 Å². The summed E-state index contributed by atoms with van der Waals surface area (Å²) in [5.41, 5.74) is -0.691. The van der Waals surface area contributed by atoms with E-state index in [0.29, 0.717) is 4.88 Å². The molecular weight excluding hydrogens is 371 g/mol. The Morgan fingerprint density at radius 1 is 1.04 bits per heavy atom. The molecule has 0 aliphatic rings. The molecule has 0 aliphatic carbocycles. The lowest BCUT2D eigenvalue weighted by atomic mass is 10.2. The Balaban J connectivity index is 1.72. The van der Waals surface area contributed by atoms with Crippen molar-refractivity contribution in [1.29, 1.82) is 0 Å². The van der Waals surface area contributed by atoms with Gasteiger partial charge in [-0.15, -0.1) is 11.3 Å². The number of halogens is 3. The summed E-state index contributed by atoms with van der Waals surface area (Å²) in [5, 5.41) is 4.06. The van der Waals surface area contributed by atoms with Crippen molar-refractivity contribution < 1.29 is 32.3 Å². The SMILES string of the molecule is O=C(COC(=O)CCC(=O)c1cccs1)Nc1ccc(C(F)(F)F)cc1. The van der Waals surface area contributed by atoms with Gasteiger partial charge in [0.05, 0.1) is 16.9 Å². The van der Waals surface area contributed by atoms with Crippen molar-refractivity contribution in [3.05, 3.63) is 52.2 Å². The van der Waals surface area contributed by atoms with Crippen LogP contribution in [0.25, 0.3) is 0 Å². The first-order valence-corrected chi connectivity index (χ1v) is 8.33. The summed E-state index contributed by atoms with van der Waals surface area (Å²) < 4.78 is 42.1. The van der Waals surface area contributed by atoms with E-state index < -0.39 is 30.2 Å². The topological polar surface area (TPSA) is 72.5 Å². The Bertz CT molecular complexity index is 770. The van der Waals surface area contributed by atoms with E-state index in [0.717, 1.165) is 24.3 Å². The number of hydrogen-bond acceptors (Lipinski definition) is 5. The molecule has 0 spiro atoms. The standard InChI is InChI=1S/C17H14F3NO4S/c18-17(19,20)11-3-5-12(6-4-11)21-15(23)10-25-16(24)8-7-13(22)14-2-1-9-26-14/h1-6,9H,7-8,10H2,(H,21,23). The second-order valence-electron chi connectivity index (χ2n) is 5.18. The summed E-state index contributed by atoms with van der Waals surface area (Å²) in [6.07, 6.45) is -4.65. The lowest BCUT2D eigenvalue weighted by molar-refractivity contribution is -0.147. The predicted molar refractivity (Wildman–Crippen MR) is 88.9 cm³/mol.